The third-order valence-corrected chi connectivity index (χ3v) is 2.41. The van der Waals surface area contributed by atoms with Crippen LogP contribution in [0.1, 0.15) is 39.4 Å². The van der Waals surface area contributed by atoms with E-state index in [1.807, 2.05) is 33.9 Å². The van der Waals surface area contributed by atoms with Gasteiger partial charge in [0.15, 0.2) is 12.4 Å². The van der Waals surface area contributed by atoms with Gasteiger partial charge >= 0.3 is 0 Å². The summed E-state index contributed by atoms with van der Waals surface area (Å²) >= 11 is 0. The molecule has 0 aromatic carbocycles. The highest BCUT2D eigenvalue weighted by Gasteiger charge is 2.21. The van der Waals surface area contributed by atoms with Gasteiger partial charge in [-0.2, -0.15) is 10.1 Å². The lowest BCUT2D eigenvalue weighted by atomic mass is 9.97. The minimum atomic E-state index is -0.141. The summed E-state index contributed by atoms with van der Waals surface area (Å²) in [4.78, 5) is 4.29. The number of nitrogens with zero attached hydrogens (tertiary/aromatic N) is 4. The van der Waals surface area contributed by atoms with Crippen LogP contribution >= 0.6 is 0 Å². The fourth-order valence-electron chi connectivity index (χ4n) is 1.36. The molecule has 0 fully saturated rings. The first-order valence-electron chi connectivity index (χ1n) is 5.97. The summed E-state index contributed by atoms with van der Waals surface area (Å²) < 4.78 is 12.5. The Bertz CT molecular complexity index is 510. The molecule has 0 aliphatic carbocycles. The van der Waals surface area contributed by atoms with Crippen LogP contribution in [0.4, 0.5) is 0 Å². The monoisotopic (exact) mass is 250 g/mol. The van der Waals surface area contributed by atoms with Gasteiger partial charge in [0.2, 0.25) is 11.7 Å². The smallest absolute Gasteiger partial charge is 0.232 e. The second-order valence-corrected chi connectivity index (χ2v) is 5.09. The topological polar surface area (TPSA) is 66.0 Å². The van der Waals surface area contributed by atoms with E-state index in [1.165, 1.54) is 0 Å². The van der Waals surface area contributed by atoms with Crippen LogP contribution in [-0.2, 0) is 18.6 Å². The van der Waals surface area contributed by atoms with Crippen molar-refractivity contribution >= 4 is 0 Å². The number of ether oxygens (including phenoxy) is 1. The van der Waals surface area contributed by atoms with Crippen LogP contribution in [0.2, 0.25) is 0 Å². The average molecular weight is 250 g/mol. The first-order valence-corrected chi connectivity index (χ1v) is 5.97. The van der Waals surface area contributed by atoms with E-state index in [2.05, 4.69) is 15.2 Å². The molecule has 18 heavy (non-hydrogen) atoms. The number of aromatic nitrogens is 4. The zero-order valence-electron chi connectivity index (χ0n) is 11.2. The standard InChI is InChI=1S/C12H18N4O2/c1-5-16-7-9(6-13-16)17-8-10-14-11(18-15-10)12(2,3)4/h6-7H,5,8H2,1-4H3. The Kier molecular flexibility index (Phi) is 3.36. The maximum atomic E-state index is 5.53. The Balaban J connectivity index is 1.96. The molecule has 0 atom stereocenters. The van der Waals surface area contributed by atoms with Gasteiger partial charge in [0.25, 0.3) is 0 Å². The lowest BCUT2D eigenvalue weighted by Gasteiger charge is -2.10. The van der Waals surface area contributed by atoms with Crippen molar-refractivity contribution in [2.75, 3.05) is 0 Å². The first kappa shape index (κ1) is 12.6. The van der Waals surface area contributed by atoms with Crippen molar-refractivity contribution in [1.29, 1.82) is 0 Å². The van der Waals surface area contributed by atoms with Crippen LogP contribution in [0, 0.1) is 0 Å². The first-order chi connectivity index (χ1) is 8.49. The van der Waals surface area contributed by atoms with Crippen LogP contribution in [0.5, 0.6) is 5.75 Å². The van der Waals surface area contributed by atoms with Crippen molar-refractivity contribution in [3.63, 3.8) is 0 Å². The number of hydrogen-bond donors (Lipinski definition) is 0. The van der Waals surface area contributed by atoms with Gasteiger partial charge in [-0.05, 0) is 6.92 Å². The number of hydrogen-bond acceptors (Lipinski definition) is 5. The van der Waals surface area contributed by atoms with Gasteiger partial charge in [-0.25, -0.2) is 0 Å². The van der Waals surface area contributed by atoms with E-state index in [1.54, 1.807) is 10.9 Å². The van der Waals surface area contributed by atoms with Crippen LogP contribution in [0.3, 0.4) is 0 Å². The third-order valence-electron chi connectivity index (χ3n) is 2.41. The van der Waals surface area contributed by atoms with E-state index in [4.69, 9.17) is 9.26 Å². The fourth-order valence-corrected chi connectivity index (χ4v) is 1.36. The Hall–Kier alpha value is -1.85. The molecule has 0 saturated heterocycles. The molecule has 2 aromatic heterocycles. The molecule has 0 saturated carbocycles. The number of aryl methyl sites for hydroxylation is 1. The predicted octanol–water partition coefficient (Wildman–Crippen LogP) is 2.16. The maximum absolute atomic E-state index is 5.53. The molecular weight excluding hydrogens is 232 g/mol. The van der Waals surface area contributed by atoms with Crippen LogP contribution in [0.25, 0.3) is 0 Å². The summed E-state index contributed by atoms with van der Waals surface area (Å²) in [7, 11) is 0. The van der Waals surface area contributed by atoms with E-state index < -0.39 is 0 Å². The Morgan fingerprint density at radius 2 is 2.17 bits per heavy atom. The normalized spacial score (nSPS) is 11.8. The molecule has 6 heteroatoms. The number of rotatable bonds is 4. The summed E-state index contributed by atoms with van der Waals surface area (Å²) in [5.74, 6) is 1.87. The van der Waals surface area contributed by atoms with Gasteiger partial charge in [0, 0.05) is 12.0 Å². The molecule has 0 aliphatic rings. The molecule has 0 N–H and O–H groups in total. The van der Waals surface area contributed by atoms with E-state index in [0.29, 0.717) is 17.5 Å². The maximum Gasteiger partial charge on any atom is 0.232 e. The van der Waals surface area contributed by atoms with E-state index >= 15 is 0 Å². The molecule has 0 bridgehead atoms. The summed E-state index contributed by atoms with van der Waals surface area (Å²) in [6.07, 6.45) is 3.51. The fraction of sp³-hybridized carbons (Fsp3) is 0.583. The SMILES string of the molecule is CCn1cc(OCc2noc(C(C)(C)C)n2)cn1. The zero-order valence-corrected chi connectivity index (χ0v) is 11.2. The highest BCUT2D eigenvalue weighted by atomic mass is 16.5. The second-order valence-electron chi connectivity index (χ2n) is 5.09. The Morgan fingerprint density at radius 3 is 2.72 bits per heavy atom. The largest absolute Gasteiger partial charge is 0.482 e. The summed E-state index contributed by atoms with van der Waals surface area (Å²) in [5.41, 5.74) is -0.141. The second kappa shape index (κ2) is 4.80. The minimum Gasteiger partial charge on any atom is -0.482 e. The summed E-state index contributed by atoms with van der Waals surface area (Å²) in [6.45, 7) is 9.20. The van der Waals surface area contributed by atoms with Crippen molar-refractivity contribution in [2.24, 2.45) is 0 Å². The zero-order chi connectivity index (χ0) is 13.2. The van der Waals surface area contributed by atoms with Crippen molar-refractivity contribution < 1.29 is 9.26 Å². The predicted molar refractivity (Wildman–Crippen MR) is 65.2 cm³/mol. The molecule has 98 valence electrons. The lowest BCUT2D eigenvalue weighted by Crippen LogP contribution is -2.11. The van der Waals surface area contributed by atoms with Gasteiger partial charge < -0.3 is 9.26 Å². The molecule has 0 unspecified atom stereocenters. The molecule has 0 spiro atoms. The van der Waals surface area contributed by atoms with Gasteiger partial charge in [-0.1, -0.05) is 25.9 Å². The molecule has 2 rings (SSSR count). The average Bonchev–Trinajstić information content (AvgIpc) is 2.94. The third kappa shape index (κ3) is 2.88. The summed E-state index contributed by atoms with van der Waals surface area (Å²) in [5, 5.41) is 8.01. The summed E-state index contributed by atoms with van der Waals surface area (Å²) in [6, 6.07) is 0. The molecule has 2 heterocycles. The van der Waals surface area contributed by atoms with Gasteiger partial charge in [-0.3, -0.25) is 4.68 Å². The Morgan fingerprint density at radius 1 is 1.39 bits per heavy atom. The van der Waals surface area contributed by atoms with E-state index in [-0.39, 0.29) is 12.0 Å². The van der Waals surface area contributed by atoms with E-state index in [9.17, 15) is 0 Å². The highest BCUT2D eigenvalue weighted by Crippen LogP contribution is 2.20. The van der Waals surface area contributed by atoms with Crippen LogP contribution in [-0.4, -0.2) is 19.9 Å². The van der Waals surface area contributed by atoms with Crippen molar-refractivity contribution in [3.8, 4) is 5.75 Å². The molecular formula is C12H18N4O2. The van der Waals surface area contributed by atoms with Crippen molar-refractivity contribution in [3.05, 3.63) is 24.1 Å². The van der Waals surface area contributed by atoms with Crippen molar-refractivity contribution in [1.82, 2.24) is 19.9 Å². The Labute approximate surface area is 106 Å². The van der Waals surface area contributed by atoms with Gasteiger partial charge in [0.1, 0.15) is 0 Å². The molecule has 0 amide bonds. The lowest BCUT2D eigenvalue weighted by molar-refractivity contribution is 0.280. The molecule has 0 radical (unpaired) electrons. The van der Waals surface area contributed by atoms with Crippen LogP contribution in [0.15, 0.2) is 16.9 Å². The van der Waals surface area contributed by atoms with Gasteiger partial charge in [-0.15, -0.1) is 0 Å². The molecule has 2 aromatic rings. The quantitative estimate of drug-likeness (QED) is 0.831. The molecule has 0 aliphatic heterocycles. The van der Waals surface area contributed by atoms with E-state index in [0.717, 1.165) is 6.54 Å². The highest BCUT2D eigenvalue weighted by molar-refractivity contribution is 5.11. The molecule has 6 nitrogen and oxygen atoms in total. The van der Waals surface area contributed by atoms with Gasteiger partial charge in [0.05, 0.1) is 12.4 Å². The van der Waals surface area contributed by atoms with Crippen molar-refractivity contribution in [2.45, 2.75) is 46.3 Å². The minimum absolute atomic E-state index is 0.141. The van der Waals surface area contributed by atoms with Crippen LogP contribution < -0.4 is 4.74 Å².